The second-order valence-corrected chi connectivity index (χ2v) is 14.4. The molecule has 3 aromatic rings. The van der Waals surface area contributed by atoms with Crippen molar-refractivity contribution in [3.63, 3.8) is 0 Å². The summed E-state index contributed by atoms with van der Waals surface area (Å²) < 4.78 is 30.3. The maximum atomic E-state index is 14.0. The molecule has 0 fully saturated rings. The summed E-state index contributed by atoms with van der Waals surface area (Å²) in [5, 5.41) is 30.2. The highest BCUT2D eigenvalue weighted by molar-refractivity contribution is 7.93. The van der Waals surface area contributed by atoms with E-state index in [1.165, 1.54) is 0 Å². The van der Waals surface area contributed by atoms with Crippen LogP contribution in [0.1, 0.15) is 37.8 Å². The number of nitrogens with one attached hydrogen (secondary N) is 4. The number of para-hydroxylation sites is 1. The summed E-state index contributed by atoms with van der Waals surface area (Å²) in [4.78, 5) is 76.7. The van der Waals surface area contributed by atoms with Gasteiger partial charge in [0, 0.05) is 42.2 Å². The average Bonchev–Trinajstić information content (AvgIpc) is 3.38. The molecule has 0 aliphatic carbocycles. The lowest BCUT2D eigenvalue weighted by Crippen LogP contribution is -2.59. The number of carboxylic acid groups (broad SMARTS) is 2. The predicted octanol–water partition coefficient (Wildman–Crippen LogP) is 1.63. The monoisotopic (exact) mass is 741 g/mol. The van der Waals surface area contributed by atoms with Gasteiger partial charge >= 0.3 is 18.0 Å². The van der Waals surface area contributed by atoms with E-state index in [1.807, 2.05) is 22.8 Å². The van der Waals surface area contributed by atoms with Crippen LogP contribution in [0.2, 0.25) is 0 Å². The van der Waals surface area contributed by atoms with Gasteiger partial charge in [-0.25, -0.2) is 13.2 Å². The Labute approximate surface area is 300 Å². The normalized spacial score (nSPS) is 13.9. The van der Waals surface area contributed by atoms with Crippen molar-refractivity contribution in [3.05, 3.63) is 83.4 Å². The molecule has 1 unspecified atom stereocenters. The standard InChI is InChI=1S/C35H43N5O11S/c1-21(2)31(34(47)36-24(17-29(41)42)14-15-52(4,49)50)39-33(46)26(16-23-19-40(3)28-13-9-8-12-25(23)28)37-32(45)27(18-30(43)44)38-35(48)51-20-22-10-6-5-7-11-22/h5-15,19,21,24,26-27,31H,16-18,20H2,1-4H3,(H,36,47)(H,37,45)(H,38,48)(H,39,46)(H,41,42)(H,43,44)/b15-14+/t24-,26+,27+,31?/m1/s1. The molecule has 0 saturated carbocycles. The smallest absolute Gasteiger partial charge is 0.408 e. The highest BCUT2D eigenvalue weighted by Crippen LogP contribution is 2.22. The van der Waals surface area contributed by atoms with Gasteiger partial charge in [0.2, 0.25) is 17.7 Å². The van der Waals surface area contributed by atoms with Crippen molar-refractivity contribution in [1.29, 1.82) is 0 Å². The van der Waals surface area contributed by atoms with Crippen molar-refractivity contribution in [1.82, 2.24) is 25.8 Å². The number of aryl methyl sites for hydroxylation is 1. The lowest BCUT2D eigenvalue weighted by molar-refractivity contribution is -0.140. The van der Waals surface area contributed by atoms with Crippen LogP contribution < -0.4 is 21.3 Å². The summed E-state index contributed by atoms with van der Waals surface area (Å²) in [5.41, 5.74) is 2.09. The first-order chi connectivity index (χ1) is 24.4. The van der Waals surface area contributed by atoms with Crippen LogP contribution in [0.15, 0.2) is 72.3 Å². The Balaban J connectivity index is 1.89. The summed E-state index contributed by atoms with van der Waals surface area (Å²) in [6.07, 6.45) is 0.974. The molecule has 17 heteroatoms. The molecule has 4 atom stereocenters. The number of amides is 4. The summed E-state index contributed by atoms with van der Waals surface area (Å²) in [5.74, 6) is -6.01. The van der Waals surface area contributed by atoms with Crippen LogP contribution in [-0.2, 0) is 58.6 Å². The van der Waals surface area contributed by atoms with E-state index >= 15 is 0 Å². The number of ether oxygens (including phenoxy) is 1. The van der Waals surface area contributed by atoms with E-state index < -0.39 is 88.5 Å². The highest BCUT2D eigenvalue weighted by Gasteiger charge is 2.33. The Bertz CT molecular complexity index is 1910. The number of rotatable bonds is 18. The fourth-order valence-electron chi connectivity index (χ4n) is 5.23. The minimum absolute atomic E-state index is 0.123. The molecule has 16 nitrogen and oxygen atoms in total. The minimum Gasteiger partial charge on any atom is -0.481 e. The molecule has 0 spiro atoms. The zero-order valence-electron chi connectivity index (χ0n) is 29.1. The number of aliphatic carboxylic acids is 2. The third kappa shape index (κ3) is 12.9. The maximum absolute atomic E-state index is 14.0. The molecule has 0 bridgehead atoms. The molecule has 6 N–H and O–H groups in total. The molecule has 2 aromatic carbocycles. The number of carbonyl (C=O) groups is 6. The van der Waals surface area contributed by atoms with Crippen molar-refractivity contribution >= 4 is 56.5 Å². The van der Waals surface area contributed by atoms with Gasteiger partial charge in [-0.05, 0) is 23.1 Å². The molecule has 0 aliphatic rings. The molecule has 1 aromatic heterocycles. The third-order valence-corrected chi connectivity index (χ3v) is 8.42. The molecule has 0 saturated heterocycles. The fourth-order valence-corrected chi connectivity index (χ4v) is 5.71. The first-order valence-corrected chi connectivity index (χ1v) is 18.1. The first kappa shape index (κ1) is 40.7. The molecule has 1 heterocycles. The number of aromatic nitrogens is 1. The third-order valence-electron chi connectivity index (χ3n) is 7.76. The van der Waals surface area contributed by atoms with E-state index in [2.05, 4.69) is 21.3 Å². The molecular formula is C35H43N5O11S. The molecular weight excluding hydrogens is 698 g/mol. The van der Waals surface area contributed by atoms with Crippen LogP contribution in [0.25, 0.3) is 10.9 Å². The molecule has 3 rings (SSSR count). The molecule has 0 radical (unpaired) electrons. The van der Waals surface area contributed by atoms with Crippen molar-refractivity contribution in [2.75, 3.05) is 6.26 Å². The maximum Gasteiger partial charge on any atom is 0.408 e. The number of sulfone groups is 1. The van der Waals surface area contributed by atoms with Gasteiger partial charge < -0.3 is 40.8 Å². The summed E-state index contributed by atoms with van der Waals surface area (Å²) in [6, 6.07) is 10.3. The fraction of sp³-hybridized carbons (Fsp3) is 0.371. The van der Waals surface area contributed by atoms with E-state index in [1.54, 1.807) is 63.5 Å². The first-order valence-electron chi connectivity index (χ1n) is 16.2. The minimum atomic E-state index is -3.66. The van der Waals surface area contributed by atoms with E-state index in [4.69, 9.17) is 4.74 Å². The predicted molar refractivity (Wildman–Crippen MR) is 189 cm³/mol. The van der Waals surface area contributed by atoms with Crippen molar-refractivity contribution < 1.29 is 52.1 Å². The Kier molecular flexibility index (Phi) is 14.5. The zero-order chi connectivity index (χ0) is 38.6. The number of benzene rings is 2. The molecule has 52 heavy (non-hydrogen) atoms. The van der Waals surface area contributed by atoms with Crippen molar-refractivity contribution in [3.8, 4) is 0 Å². The highest BCUT2D eigenvalue weighted by atomic mass is 32.2. The zero-order valence-corrected chi connectivity index (χ0v) is 29.9. The van der Waals surface area contributed by atoms with Crippen LogP contribution in [0.5, 0.6) is 0 Å². The number of fused-ring (bicyclic) bond motifs is 1. The Morgan fingerprint density at radius 2 is 1.42 bits per heavy atom. The number of hydrogen-bond acceptors (Lipinski definition) is 9. The Morgan fingerprint density at radius 1 is 0.808 bits per heavy atom. The quantitative estimate of drug-likeness (QED) is 0.110. The Hall–Kier alpha value is -5.71. The van der Waals surface area contributed by atoms with E-state index in [0.29, 0.717) is 11.1 Å². The molecule has 280 valence electrons. The van der Waals surface area contributed by atoms with Crippen LogP contribution in [0.3, 0.4) is 0 Å². The van der Waals surface area contributed by atoms with Gasteiger partial charge in [0.1, 0.15) is 24.7 Å². The summed E-state index contributed by atoms with van der Waals surface area (Å²) in [7, 11) is -1.87. The summed E-state index contributed by atoms with van der Waals surface area (Å²) >= 11 is 0. The average molecular weight is 742 g/mol. The lowest BCUT2D eigenvalue weighted by Gasteiger charge is -2.27. The van der Waals surface area contributed by atoms with Gasteiger partial charge in [0.15, 0.2) is 9.84 Å². The van der Waals surface area contributed by atoms with Crippen LogP contribution in [-0.4, -0.2) is 89.4 Å². The second kappa shape index (κ2) is 18.5. The molecule has 0 aliphatic heterocycles. The van der Waals surface area contributed by atoms with E-state index in [0.717, 1.165) is 28.6 Å². The Morgan fingerprint density at radius 3 is 2.04 bits per heavy atom. The van der Waals surface area contributed by atoms with E-state index in [-0.39, 0.29) is 13.0 Å². The SMILES string of the molecule is CC(C)C(NC(=O)[C@H](Cc1cn(C)c2ccccc12)NC(=O)[C@H](CC(=O)O)NC(=O)OCc1ccccc1)C(=O)N[C@H](/C=C/S(C)(=O)=O)CC(=O)O. The van der Waals surface area contributed by atoms with Crippen molar-refractivity contribution in [2.24, 2.45) is 13.0 Å². The van der Waals surface area contributed by atoms with Crippen LogP contribution >= 0.6 is 0 Å². The number of carbonyl (C=O) groups excluding carboxylic acids is 4. The van der Waals surface area contributed by atoms with Gasteiger partial charge in [-0.2, -0.15) is 0 Å². The van der Waals surface area contributed by atoms with E-state index in [9.17, 15) is 47.4 Å². The van der Waals surface area contributed by atoms with Gasteiger partial charge in [-0.1, -0.05) is 68.5 Å². The van der Waals surface area contributed by atoms with Crippen LogP contribution in [0, 0.1) is 5.92 Å². The topological polar surface area (TPSA) is 239 Å². The number of alkyl carbamates (subject to hydrolysis) is 1. The lowest BCUT2D eigenvalue weighted by atomic mass is 10.00. The largest absolute Gasteiger partial charge is 0.481 e. The number of nitrogens with zero attached hydrogens (tertiary/aromatic N) is 1. The van der Waals surface area contributed by atoms with Gasteiger partial charge in [0.05, 0.1) is 18.9 Å². The summed E-state index contributed by atoms with van der Waals surface area (Å²) in [6.45, 7) is 3.06. The van der Waals surface area contributed by atoms with Crippen LogP contribution in [0.4, 0.5) is 4.79 Å². The van der Waals surface area contributed by atoms with Crippen molar-refractivity contribution in [2.45, 2.75) is 63.9 Å². The van der Waals surface area contributed by atoms with Gasteiger partial charge in [-0.3, -0.25) is 24.0 Å². The number of hydrogen-bond donors (Lipinski definition) is 6. The molecule has 4 amide bonds. The second-order valence-electron chi connectivity index (χ2n) is 12.5. The number of carboxylic acids is 2. The van der Waals surface area contributed by atoms with Gasteiger partial charge in [-0.15, -0.1) is 0 Å². The van der Waals surface area contributed by atoms with Gasteiger partial charge in [0.25, 0.3) is 0 Å².